The highest BCUT2D eigenvalue weighted by Gasteiger charge is 2.44. The van der Waals surface area contributed by atoms with Gasteiger partial charge in [-0.2, -0.15) is 0 Å². The summed E-state index contributed by atoms with van der Waals surface area (Å²) in [5.74, 6) is -2.67. The fourth-order valence-corrected chi connectivity index (χ4v) is 2.98. The second-order valence-electron chi connectivity index (χ2n) is 6.44. The lowest BCUT2D eigenvalue weighted by Gasteiger charge is -2.33. The summed E-state index contributed by atoms with van der Waals surface area (Å²) in [6.07, 6.45) is -0.965. The molecule has 0 unspecified atom stereocenters. The fraction of sp³-hybridized carbons (Fsp3) is 0.238. The van der Waals surface area contributed by atoms with Gasteiger partial charge < -0.3 is 29.5 Å². The van der Waals surface area contributed by atoms with E-state index in [1.165, 1.54) is 31.4 Å². The topological polar surface area (TPSA) is 123 Å². The maximum atomic E-state index is 13.2. The largest absolute Gasteiger partial charge is 0.508 e. The summed E-state index contributed by atoms with van der Waals surface area (Å²) in [6, 6.07) is 6.77. The van der Waals surface area contributed by atoms with Crippen LogP contribution in [0.1, 0.15) is 35.9 Å². The molecule has 0 saturated carbocycles. The van der Waals surface area contributed by atoms with E-state index in [4.69, 9.17) is 14.2 Å². The number of phenols is 3. The van der Waals surface area contributed by atoms with Gasteiger partial charge in [0.05, 0.1) is 7.11 Å². The number of methoxy groups -OCH3 is 1. The Balaban J connectivity index is 2.16. The average molecular weight is 400 g/mol. The molecular formula is C21H20O8. The van der Waals surface area contributed by atoms with Gasteiger partial charge in [-0.05, 0) is 31.5 Å². The van der Waals surface area contributed by atoms with Crippen LogP contribution in [0.4, 0.5) is 0 Å². The van der Waals surface area contributed by atoms with E-state index in [-0.39, 0.29) is 22.8 Å². The molecule has 0 saturated heterocycles. The first-order valence-corrected chi connectivity index (χ1v) is 8.75. The molecule has 8 nitrogen and oxygen atoms in total. The Morgan fingerprint density at radius 3 is 2.38 bits per heavy atom. The monoisotopic (exact) mass is 400 g/mol. The molecule has 1 aliphatic heterocycles. The van der Waals surface area contributed by atoms with Crippen LogP contribution in [-0.4, -0.2) is 40.3 Å². The Kier molecular flexibility index (Phi) is 5.36. The molecule has 1 aliphatic rings. The van der Waals surface area contributed by atoms with Crippen LogP contribution >= 0.6 is 0 Å². The average Bonchev–Trinajstić information content (AvgIpc) is 2.69. The van der Waals surface area contributed by atoms with Crippen molar-refractivity contribution in [1.82, 2.24) is 0 Å². The highest BCUT2D eigenvalue weighted by Crippen LogP contribution is 2.50. The smallest absolute Gasteiger partial charge is 0.334 e. The van der Waals surface area contributed by atoms with E-state index in [1.54, 1.807) is 19.9 Å². The third-order valence-corrected chi connectivity index (χ3v) is 4.63. The van der Waals surface area contributed by atoms with Crippen LogP contribution in [0, 0.1) is 0 Å². The van der Waals surface area contributed by atoms with Crippen molar-refractivity contribution in [2.75, 3.05) is 7.11 Å². The molecule has 3 N–H and O–H groups in total. The summed E-state index contributed by atoms with van der Waals surface area (Å²) >= 11 is 0. The number of fused-ring (bicyclic) bond motifs is 1. The Morgan fingerprint density at radius 1 is 1.14 bits per heavy atom. The van der Waals surface area contributed by atoms with Gasteiger partial charge in [0.25, 0.3) is 0 Å². The summed E-state index contributed by atoms with van der Waals surface area (Å²) in [4.78, 5) is 25.5. The molecule has 2 aromatic rings. The summed E-state index contributed by atoms with van der Waals surface area (Å²) < 4.78 is 16.4. The lowest BCUT2D eigenvalue weighted by Crippen LogP contribution is -2.40. The number of ether oxygens (including phenoxy) is 3. The molecule has 0 aliphatic carbocycles. The van der Waals surface area contributed by atoms with Gasteiger partial charge in [0.15, 0.2) is 17.6 Å². The number of Topliss-reactive ketones (excluding diaryl/α,β-unsaturated/α-hetero) is 1. The minimum Gasteiger partial charge on any atom is -0.508 e. The van der Waals surface area contributed by atoms with E-state index >= 15 is 0 Å². The van der Waals surface area contributed by atoms with Gasteiger partial charge in [-0.3, -0.25) is 4.79 Å². The Morgan fingerprint density at radius 2 is 1.79 bits per heavy atom. The predicted molar refractivity (Wildman–Crippen MR) is 101 cm³/mol. The van der Waals surface area contributed by atoms with Gasteiger partial charge in [0.2, 0.25) is 17.6 Å². The van der Waals surface area contributed by atoms with E-state index in [2.05, 4.69) is 0 Å². The molecule has 0 fully saturated rings. The standard InChI is InChI=1S/C21H20O8/c1-4-10(2)21(26)29-20-16(25)15-13(23)9-14(24)18(27-3)19(15)28-17(20)11-5-7-12(22)8-6-11/h4-9,17,20,22-24H,1-3H3/b10-4-/t17-,20+/m1/s1. The van der Waals surface area contributed by atoms with Crippen molar-refractivity contribution in [3.8, 4) is 28.7 Å². The number of phenolic OH excluding ortho intramolecular Hbond substituents is 3. The number of carbonyl (C=O) groups excluding carboxylic acids is 2. The number of rotatable bonds is 4. The van der Waals surface area contributed by atoms with Crippen LogP contribution in [0.3, 0.4) is 0 Å². The van der Waals surface area contributed by atoms with Crippen molar-refractivity contribution in [1.29, 1.82) is 0 Å². The first kappa shape index (κ1) is 20.1. The molecule has 0 amide bonds. The molecule has 152 valence electrons. The zero-order chi connectivity index (χ0) is 21.3. The van der Waals surface area contributed by atoms with Gasteiger partial charge in [-0.25, -0.2) is 4.79 Å². The lowest BCUT2D eigenvalue weighted by atomic mass is 9.92. The normalized spacial score (nSPS) is 18.6. The first-order valence-electron chi connectivity index (χ1n) is 8.75. The first-order chi connectivity index (χ1) is 13.8. The highest BCUT2D eigenvalue weighted by molar-refractivity contribution is 6.08. The molecule has 0 aromatic heterocycles. The number of hydrogen-bond donors (Lipinski definition) is 3. The second kappa shape index (κ2) is 7.75. The second-order valence-corrected chi connectivity index (χ2v) is 6.44. The van der Waals surface area contributed by atoms with E-state index in [0.717, 1.165) is 6.07 Å². The van der Waals surface area contributed by atoms with Gasteiger partial charge in [0, 0.05) is 11.6 Å². The van der Waals surface area contributed by atoms with Crippen LogP contribution in [0.5, 0.6) is 28.7 Å². The van der Waals surface area contributed by atoms with Crippen molar-refractivity contribution >= 4 is 11.8 Å². The van der Waals surface area contributed by atoms with Crippen molar-refractivity contribution in [3.05, 3.63) is 53.1 Å². The van der Waals surface area contributed by atoms with Gasteiger partial charge in [-0.15, -0.1) is 0 Å². The predicted octanol–water partition coefficient (Wildman–Crippen LogP) is 3.01. The van der Waals surface area contributed by atoms with E-state index in [1.807, 2.05) is 0 Å². The Bertz CT molecular complexity index is 991. The summed E-state index contributed by atoms with van der Waals surface area (Å²) in [5, 5.41) is 29.8. The van der Waals surface area contributed by atoms with Crippen molar-refractivity contribution < 1.29 is 39.1 Å². The zero-order valence-corrected chi connectivity index (χ0v) is 16.0. The van der Waals surface area contributed by atoms with Crippen molar-refractivity contribution in [2.24, 2.45) is 0 Å². The van der Waals surface area contributed by atoms with Crippen LogP contribution in [0.25, 0.3) is 0 Å². The van der Waals surface area contributed by atoms with E-state index in [9.17, 15) is 24.9 Å². The molecule has 2 atom stereocenters. The summed E-state index contributed by atoms with van der Waals surface area (Å²) in [7, 11) is 1.28. The minimum absolute atomic E-state index is 0.00228. The van der Waals surface area contributed by atoms with Crippen LogP contribution in [0.2, 0.25) is 0 Å². The number of benzene rings is 2. The molecule has 0 bridgehead atoms. The molecule has 29 heavy (non-hydrogen) atoms. The fourth-order valence-electron chi connectivity index (χ4n) is 2.98. The molecule has 1 heterocycles. The number of esters is 1. The molecule has 8 heteroatoms. The van der Waals surface area contributed by atoms with Gasteiger partial charge in [0.1, 0.15) is 17.1 Å². The molecule has 0 spiro atoms. The maximum Gasteiger partial charge on any atom is 0.334 e. The third kappa shape index (κ3) is 3.56. The highest BCUT2D eigenvalue weighted by atomic mass is 16.6. The van der Waals surface area contributed by atoms with Gasteiger partial charge in [-0.1, -0.05) is 18.2 Å². The molecule has 3 rings (SSSR count). The lowest BCUT2D eigenvalue weighted by molar-refractivity contribution is -0.146. The van der Waals surface area contributed by atoms with Crippen LogP contribution in [-0.2, 0) is 9.53 Å². The van der Waals surface area contributed by atoms with E-state index in [0.29, 0.717) is 11.1 Å². The molecule has 2 aromatic carbocycles. The third-order valence-electron chi connectivity index (χ3n) is 4.63. The summed E-state index contributed by atoms with van der Waals surface area (Å²) in [6.45, 7) is 3.19. The van der Waals surface area contributed by atoms with Gasteiger partial charge >= 0.3 is 5.97 Å². The number of aromatic hydroxyl groups is 3. The Labute approximate surface area is 166 Å². The number of carbonyl (C=O) groups is 2. The Hall–Kier alpha value is -3.68. The number of ketones is 1. The number of hydrogen-bond acceptors (Lipinski definition) is 8. The quantitative estimate of drug-likeness (QED) is 0.529. The molecule has 0 radical (unpaired) electrons. The summed E-state index contributed by atoms with van der Waals surface area (Å²) in [5.41, 5.74) is 0.466. The van der Waals surface area contributed by atoms with Crippen LogP contribution < -0.4 is 9.47 Å². The van der Waals surface area contributed by atoms with E-state index < -0.39 is 35.5 Å². The van der Waals surface area contributed by atoms with Crippen LogP contribution in [0.15, 0.2) is 42.0 Å². The van der Waals surface area contributed by atoms with Crippen molar-refractivity contribution in [3.63, 3.8) is 0 Å². The number of allylic oxidation sites excluding steroid dienone is 1. The zero-order valence-electron chi connectivity index (χ0n) is 16.0. The minimum atomic E-state index is -1.41. The molecular weight excluding hydrogens is 380 g/mol. The van der Waals surface area contributed by atoms with Crippen molar-refractivity contribution in [2.45, 2.75) is 26.1 Å². The maximum absolute atomic E-state index is 13.2. The SMILES string of the molecule is C/C=C(/C)C(=O)O[C@H]1C(=O)c2c(O)cc(O)c(OC)c2O[C@@H]1c1ccc(O)cc1.